The summed E-state index contributed by atoms with van der Waals surface area (Å²) in [5, 5.41) is 5.25. The number of furan rings is 2. The molecule has 2 N–H and O–H groups in total. The largest absolute Gasteiger partial charge is 0.459 e. The minimum absolute atomic E-state index is 0.178. The molecule has 118 valence electrons. The predicted octanol–water partition coefficient (Wildman–Crippen LogP) is 2.51. The van der Waals surface area contributed by atoms with Crippen LogP contribution < -0.4 is 10.6 Å². The quantitative estimate of drug-likeness (QED) is 0.597. The fourth-order valence-electron chi connectivity index (χ4n) is 1.79. The molecule has 2 heterocycles. The zero-order valence-electron chi connectivity index (χ0n) is 11.5. The normalized spacial score (nSPS) is 10.5. The number of nitrogens with one attached hydrogen (secondary N) is 2. The molecule has 0 radical (unpaired) electrons. The third kappa shape index (κ3) is 3.84. The van der Waals surface area contributed by atoms with E-state index in [1.54, 1.807) is 12.1 Å². The molecule has 0 unspecified atom stereocenters. The zero-order valence-corrected chi connectivity index (χ0v) is 13.0. The lowest BCUT2D eigenvalue weighted by Crippen LogP contribution is -2.35. The summed E-state index contributed by atoms with van der Waals surface area (Å²) in [7, 11) is 0. The van der Waals surface area contributed by atoms with Gasteiger partial charge in [-0.25, -0.2) is 0 Å². The summed E-state index contributed by atoms with van der Waals surface area (Å²) in [6.45, 7) is 0.480. The summed E-state index contributed by atoms with van der Waals surface area (Å²) in [6.07, 6.45) is 2.80. The average Bonchev–Trinajstić information content (AvgIpc) is 3.18. The molecule has 0 saturated heterocycles. The molecular formula is C14H14Cl2N2O4. The number of alkyl halides is 2. The zero-order chi connectivity index (χ0) is 15.9. The molecule has 2 rings (SSSR count). The Morgan fingerprint density at radius 2 is 1.27 bits per heavy atom. The first-order chi connectivity index (χ1) is 10.7. The molecule has 0 fully saturated rings. The molecule has 0 atom stereocenters. The summed E-state index contributed by atoms with van der Waals surface area (Å²) >= 11 is 11.4. The van der Waals surface area contributed by atoms with Gasteiger partial charge in [-0.1, -0.05) is 0 Å². The van der Waals surface area contributed by atoms with E-state index < -0.39 is 0 Å². The highest BCUT2D eigenvalue weighted by atomic mass is 35.5. The maximum absolute atomic E-state index is 11.8. The maximum Gasteiger partial charge on any atom is 0.287 e. The highest BCUT2D eigenvalue weighted by molar-refractivity contribution is 6.18. The molecular weight excluding hydrogens is 331 g/mol. The fraction of sp³-hybridized carbons (Fsp3) is 0.286. The second-order valence-corrected chi connectivity index (χ2v) is 4.86. The fourth-order valence-corrected chi connectivity index (χ4v) is 2.21. The van der Waals surface area contributed by atoms with Gasteiger partial charge < -0.3 is 19.5 Å². The molecule has 0 aromatic carbocycles. The molecule has 22 heavy (non-hydrogen) atoms. The van der Waals surface area contributed by atoms with Crippen molar-refractivity contribution in [1.82, 2.24) is 10.6 Å². The lowest BCUT2D eigenvalue weighted by atomic mass is 10.2. The van der Waals surface area contributed by atoms with Gasteiger partial charge in [0.15, 0.2) is 11.5 Å². The molecule has 0 aliphatic heterocycles. The Kier molecular flexibility index (Phi) is 5.91. The first kappa shape index (κ1) is 16.5. The number of rotatable bonds is 7. The minimum Gasteiger partial charge on any atom is -0.459 e. The van der Waals surface area contributed by atoms with Gasteiger partial charge in [-0.15, -0.1) is 23.2 Å². The number of hydrogen-bond donors (Lipinski definition) is 2. The van der Waals surface area contributed by atoms with Crippen molar-refractivity contribution in [1.29, 1.82) is 0 Å². The molecule has 0 aliphatic rings. The van der Waals surface area contributed by atoms with Crippen LogP contribution in [-0.2, 0) is 11.8 Å². The lowest BCUT2D eigenvalue weighted by molar-refractivity contribution is 0.0899. The van der Waals surface area contributed by atoms with Gasteiger partial charge in [0.25, 0.3) is 11.8 Å². The van der Waals surface area contributed by atoms with Crippen molar-refractivity contribution in [2.75, 3.05) is 13.1 Å². The van der Waals surface area contributed by atoms with Crippen molar-refractivity contribution in [3.05, 3.63) is 47.3 Å². The van der Waals surface area contributed by atoms with Gasteiger partial charge in [0.2, 0.25) is 0 Å². The lowest BCUT2D eigenvalue weighted by Gasteiger charge is -2.06. The number of carbonyl (C=O) groups excluding carboxylic acids is 2. The third-order valence-electron chi connectivity index (χ3n) is 2.89. The topological polar surface area (TPSA) is 84.5 Å². The van der Waals surface area contributed by atoms with E-state index in [0.29, 0.717) is 11.1 Å². The standard InChI is InChI=1S/C14H14Cl2N2O4/c15-7-9-1-5-21-11(9)13(19)17-3-4-18-14(20)12-10(8-16)2-6-22-12/h1-2,5-6H,3-4,7-8H2,(H,17,19)(H,18,20). The van der Waals surface area contributed by atoms with Crippen LogP contribution in [0.5, 0.6) is 0 Å². The Balaban J connectivity index is 1.77. The summed E-state index contributed by atoms with van der Waals surface area (Å²) in [5.74, 6) is -0.0250. The monoisotopic (exact) mass is 344 g/mol. The second-order valence-electron chi connectivity index (χ2n) is 4.33. The molecule has 0 saturated carbocycles. The number of hydrogen-bond acceptors (Lipinski definition) is 4. The van der Waals surface area contributed by atoms with Gasteiger partial charge in [0.1, 0.15) is 0 Å². The first-order valence-electron chi connectivity index (χ1n) is 6.48. The molecule has 0 spiro atoms. The van der Waals surface area contributed by atoms with Crippen molar-refractivity contribution in [2.24, 2.45) is 0 Å². The Labute approximate surface area is 136 Å². The van der Waals surface area contributed by atoms with Crippen LogP contribution in [0.15, 0.2) is 33.5 Å². The van der Waals surface area contributed by atoms with Crippen LogP contribution >= 0.6 is 23.2 Å². The Morgan fingerprint density at radius 1 is 0.864 bits per heavy atom. The molecule has 2 aromatic heterocycles. The number of carbonyl (C=O) groups is 2. The molecule has 2 aromatic rings. The average molecular weight is 345 g/mol. The minimum atomic E-state index is -0.380. The first-order valence-corrected chi connectivity index (χ1v) is 7.55. The van der Waals surface area contributed by atoms with Gasteiger partial charge in [0, 0.05) is 24.2 Å². The Bertz CT molecular complexity index is 595. The van der Waals surface area contributed by atoms with Crippen LogP contribution in [0.25, 0.3) is 0 Å². The SMILES string of the molecule is O=C(NCCNC(=O)c1occc1CCl)c1occc1CCl. The summed E-state index contributed by atoms with van der Waals surface area (Å²) in [6, 6.07) is 3.27. The van der Waals surface area contributed by atoms with E-state index in [1.807, 2.05) is 0 Å². The molecule has 0 aliphatic carbocycles. The van der Waals surface area contributed by atoms with Crippen LogP contribution in [0, 0.1) is 0 Å². The van der Waals surface area contributed by atoms with Gasteiger partial charge >= 0.3 is 0 Å². The number of amides is 2. The van der Waals surface area contributed by atoms with E-state index in [9.17, 15) is 9.59 Å². The van der Waals surface area contributed by atoms with E-state index in [0.717, 1.165) is 0 Å². The molecule has 2 amide bonds. The highest BCUT2D eigenvalue weighted by Gasteiger charge is 2.16. The molecule has 0 bridgehead atoms. The van der Waals surface area contributed by atoms with Gasteiger partial charge in [-0.05, 0) is 12.1 Å². The Hall–Kier alpha value is -1.92. The number of halogens is 2. The highest BCUT2D eigenvalue weighted by Crippen LogP contribution is 2.13. The van der Waals surface area contributed by atoms with Crippen LogP contribution in [0.1, 0.15) is 32.2 Å². The van der Waals surface area contributed by atoms with Gasteiger partial charge in [-0.2, -0.15) is 0 Å². The summed E-state index contributed by atoms with van der Waals surface area (Å²) < 4.78 is 10.1. The van der Waals surface area contributed by atoms with E-state index in [-0.39, 0.29) is 48.2 Å². The van der Waals surface area contributed by atoms with Gasteiger partial charge in [0.05, 0.1) is 24.3 Å². The van der Waals surface area contributed by atoms with Crippen LogP contribution in [0.3, 0.4) is 0 Å². The van der Waals surface area contributed by atoms with Crippen molar-refractivity contribution in [3.63, 3.8) is 0 Å². The molecule has 8 heteroatoms. The van der Waals surface area contributed by atoms with Crippen LogP contribution in [0.4, 0.5) is 0 Å². The summed E-state index contributed by atoms with van der Waals surface area (Å²) in [4.78, 5) is 23.7. The Morgan fingerprint density at radius 3 is 1.64 bits per heavy atom. The van der Waals surface area contributed by atoms with E-state index in [1.165, 1.54) is 12.5 Å². The summed E-state index contributed by atoms with van der Waals surface area (Å²) in [5.41, 5.74) is 1.23. The van der Waals surface area contributed by atoms with Crippen molar-refractivity contribution in [3.8, 4) is 0 Å². The van der Waals surface area contributed by atoms with E-state index >= 15 is 0 Å². The van der Waals surface area contributed by atoms with E-state index in [4.69, 9.17) is 32.0 Å². The van der Waals surface area contributed by atoms with Crippen molar-refractivity contribution < 1.29 is 18.4 Å². The van der Waals surface area contributed by atoms with E-state index in [2.05, 4.69) is 10.6 Å². The van der Waals surface area contributed by atoms with Crippen molar-refractivity contribution in [2.45, 2.75) is 11.8 Å². The van der Waals surface area contributed by atoms with Crippen LogP contribution in [-0.4, -0.2) is 24.9 Å². The maximum atomic E-state index is 11.8. The van der Waals surface area contributed by atoms with Crippen LogP contribution in [0.2, 0.25) is 0 Å². The molecule has 6 nitrogen and oxygen atoms in total. The second kappa shape index (κ2) is 7.91. The van der Waals surface area contributed by atoms with Gasteiger partial charge in [-0.3, -0.25) is 9.59 Å². The third-order valence-corrected chi connectivity index (χ3v) is 3.47. The smallest absolute Gasteiger partial charge is 0.287 e. The predicted molar refractivity (Wildman–Crippen MR) is 81.2 cm³/mol. The van der Waals surface area contributed by atoms with Crippen molar-refractivity contribution >= 4 is 35.0 Å².